The highest BCUT2D eigenvalue weighted by Crippen LogP contribution is 2.28. The van der Waals surface area contributed by atoms with Gasteiger partial charge in [0.05, 0.1) is 14.2 Å². The molecule has 27 heavy (non-hydrogen) atoms. The fourth-order valence-electron chi connectivity index (χ4n) is 3.31. The van der Waals surface area contributed by atoms with Gasteiger partial charge in [0.1, 0.15) is 5.82 Å². The first-order valence-corrected chi connectivity index (χ1v) is 9.09. The van der Waals surface area contributed by atoms with Crippen LogP contribution in [0.4, 0.5) is 4.39 Å². The van der Waals surface area contributed by atoms with Gasteiger partial charge in [-0.15, -0.1) is 0 Å². The summed E-state index contributed by atoms with van der Waals surface area (Å²) in [5.41, 5.74) is 1.33. The van der Waals surface area contributed by atoms with Crippen LogP contribution in [-0.2, 0) is 6.42 Å². The molecule has 1 heterocycles. The van der Waals surface area contributed by atoms with Crippen molar-refractivity contribution in [1.29, 1.82) is 0 Å². The number of hydrogen-bond donors (Lipinski definition) is 0. The third-order valence-corrected chi connectivity index (χ3v) is 4.95. The van der Waals surface area contributed by atoms with Crippen molar-refractivity contribution in [3.05, 3.63) is 59.4 Å². The van der Waals surface area contributed by atoms with Crippen LogP contribution in [0, 0.1) is 5.82 Å². The zero-order valence-corrected chi connectivity index (χ0v) is 15.8. The van der Waals surface area contributed by atoms with Crippen LogP contribution in [0.1, 0.15) is 15.9 Å². The van der Waals surface area contributed by atoms with E-state index < -0.39 is 0 Å². The lowest BCUT2D eigenvalue weighted by molar-refractivity contribution is 0.0638. The van der Waals surface area contributed by atoms with E-state index in [0.717, 1.165) is 25.2 Å². The first-order chi connectivity index (χ1) is 13.1. The molecule has 1 aliphatic rings. The topological polar surface area (TPSA) is 42.0 Å². The van der Waals surface area contributed by atoms with Crippen LogP contribution in [0.15, 0.2) is 42.5 Å². The molecule has 1 aliphatic heterocycles. The molecule has 0 aromatic heterocycles. The van der Waals surface area contributed by atoms with Crippen LogP contribution in [0.5, 0.6) is 11.5 Å². The molecule has 5 nitrogen and oxygen atoms in total. The highest BCUT2D eigenvalue weighted by molar-refractivity contribution is 5.95. The number of nitrogens with zero attached hydrogens (tertiary/aromatic N) is 2. The van der Waals surface area contributed by atoms with Crippen LogP contribution in [-0.4, -0.2) is 62.7 Å². The monoisotopic (exact) mass is 372 g/mol. The minimum atomic E-state index is -0.153. The molecule has 0 N–H and O–H groups in total. The van der Waals surface area contributed by atoms with Gasteiger partial charge in [0.25, 0.3) is 5.91 Å². The fraction of sp³-hybridized carbons (Fsp3) is 0.381. The lowest BCUT2D eigenvalue weighted by Gasteiger charge is -2.34. The van der Waals surface area contributed by atoms with Gasteiger partial charge in [0, 0.05) is 38.3 Å². The maximum Gasteiger partial charge on any atom is 0.254 e. The van der Waals surface area contributed by atoms with Crippen molar-refractivity contribution in [2.75, 3.05) is 46.9 Å². The lowest BCUT2D eigenvalue weighted by atomic mass is 10.1. The molecule has 3 rings (SSSR count). The van der Waals surface area contributed by atoms with Crippen LogP contribution in [0.25, 0.3) is 0 Å². The van der Waals surface area contributed by atoms with E-state index in [9.17, 15) is 9.18 Å². The molecule has 0 aliphatic carbocycles. The Morgan fingerprint density at radius 2 is 1.70 bits per heavy atom. The maximum absolute atomic E-state index is 13.7. The summed E-state index contributed by atoms with van der Waals surface area (Å²) in [4.78, 5) is 16.9. The highest BCUT2D eigenvalue weighted by atomic mass is 19.1. The van der Waals surface area contributed by atoms with Crippen LogP contribution in [0.2, 0.25) is 0 Å². The quantitative estimate of drug-likeness (QED) is 0.782. The standard InChI is InChI=1S/C21H25FN2O3/c1-26-19-8-7-17(15-20(19)27-2)21(25)24-13-11-23(12-14-24)10-9-16-5-3-4-6-18(16)22/h3-8,15H,9-14H2,1-2H3. The molecule has 2 aromatic rings. The van der Waals surface area contributed by atoms with Crippen LogP contribution >= 0.6 is 0 Å². The first-order valence-electron chi connectivity index (χ1n) is 9.09. The largest absolute Gasteiger partial charge is 0.493 e. The molecular weight excluding hydrogens is 347 g/mol. The summed E-state index contributed by atoms with van der Waals surface area (Å²) in [7, 11) is 3.13. The van der Waals surface area contributed by atoms with Gasteiger partial charge in [-0.25, -0.2) is 4.39 Å². The van der Waals surface area contributed by atoms with Gasteiger partial charge in [0.2, 0.25) is 0 Å². The number of halogens is 1. The van der Waals surface area contributed by atoms with E-state index in [0.29, 0.717) is 36.6 Å². The number of rotatable bonds is 6. The third-order valence-electron chi connectivity index (χ3n) is 4.95. The maximum atomic E-state index is 13.7. The fourth-order valence-corrected chi connectivity index (χ4v) is 3.31. The average molecular weight is 372 g/mol. The zero-order valence-electron chi connectivity index (χ0n) is 15.8. The lowest BCUT2D eigenvalue weighted by Crippen LogP contribution is -2.49. The minimum Gasteiger partial charge on any atom is -0.493 e. The second-order valence-electron chi connectivity index (χ2n) is 6.55. The Balaban J connectivity index is 1.54. The van der Waals surface area contributed by atoms with Gasteiger partial charge in [-0.05, 0) is 36.2 Å². The van der Waals surface area contributed by atoms with E-state index in [-0.39, 0.29) is 11.7 Å². The smallest absolute Gasteiger partial charge is 0.254 e. The van der Waals surface area contributed by atoms with Crippen molar-refractivity contribution in [2.45, 2.75) is 6.42 Å². The summed E-state index contributed by atoms with van der Waals surface area (Å²) in [6, 6.07) is 12.1. The third kappa shape index (κ3) is 4.57. The molecule has 0 spiro atoms. The number of ether oxygens (including phenoxy) is 2. The van der Waals surface area contributed by atoms with Gasteiger partial charge in [0.15, 0.2) is 11.5 Å². The molecule has 6 heteroatoms. The minimum absolute atomic E-state index is 0.00953. The van der Waals surface area contributed by atoms with E-state index in [1.165, 1.54) is 6.07 Å². The number of piperazine rings is 1. The van der Waals surface area contributed by atoms with Gasteiger partial charge in [-0.1, -0.05) is 18.2 Å². The summed E-state index contributed by atoms with van der Waals surface area (Å²) in [6.45, 7) is 3.68. The van der Waals surface area contributed by atoms with E-state index in [1.807, 2.05) is 17.0 Å². The summed E-state index contributed by atoms with van der Waals surface area (Å²) in [6.07, 6.45) is 0.677. The molecular formula is C21H25FN2O3. The SMILES string of the molecule is COc1ccc(C(=O)N2CCN(CCc3ccccc3F)CC2)cc1OC. The summed E-state index contributed by atoms with van der Waals surface area (Å²) in [5.74, 6) is 0.989. The van der Waals surface area contributed by atoms with Gasteiger partial charge < -0.3 is 14.4 Å². The van der Waals surface area contributed by atoms with Crippen molar-refractivity contribution in [3.63, 3.8) is 0 Å². The Morgan fingerprint density at radius 3 is 2.37 bits per heavy atom. The van der Waals surface area contributed by atoms with Crippen molar-refractivity contribution in [3.8, 4) is 11.5 Å². The van der Waals surface area contributed by atoms with E-state index in [4.69, 9.17) is 9.47 Å². The van der Waals surface area contributed by atoms with Gasteiger partial charge in [-0.3, -0.25) is 9.69 Å². The van der Waals surface area contributed by atoms with E-state index in [1.54, 1.807) is 38.5 Å². The molecule has 1 amide bonds. The summed E-state index contributed by atoms with van der Waals surface area (Å²) < 4.78 is 24.2. The predicted octanol–water partition coefficient (Wildman–Crippen LogP) is 2.84. The first kappa shape index (κ1) is 19.2. The van der Waals surface area contributed by atoms with Crippen LogP contribution < -0.4 is 9.47 Å². The van der Waals surface area contributed by atoms with Crippen molar-refractivity contribution in [1.82, 2.24) is 9.80 Å². The van der Waals surface area contributed by atoms with Crippen molar-refractivity contribution < 1.29 is 18.7 Å². The van der Waals surface area contributed by atoms with E-state index >= 15 is 0 Å². The Labute approximate surface area is 159 Å². The zero-order chi connectivity index (χ0) is 19.2. The molecule has 0 radical (unpaired) electrons. The van der Waals surface area contributed by atoms with Crippen molar-refractivity contribution >= 4 is 5.91 Å². The number of carbonyl (C=O) groups excluding carboxylic acids is 1. The van der Waals surface area contributed by atoms with Gasteiger partial charge in [-0.2, -0.15) is 0 Å². The summed E-state index contributed by atoms with van der Waals surface area (Å²) in [5, 5.41) is 0. The molecule has 144 valence electrons. The number of benzene rings is 2. The number of carbonyl (C=O) groups is 1. The molecule has 1 fully saturated rings. The Kier molecular flexibility index (Phi) is 6.29. The molecule has 0 unspecified atom stereocenters. The molecule has 2 aromatic carbocycles. The number of amides is 1. The molecule has 1 saturated heterocycles. The summed E-state index contributed by atoms with van der Waals surface area (Å²) >= 11 is 0. The van der Waals surface area contributed by atoms with Gasteiger partial charge >= 0.3 is 0 Å². The Morgan fingerprint density at radius 1 is 1.00 bits per heavy atom. The number of hydrogen-bond acceptors (Lipinski definition) is 4. The molecule has 0 bridgehead atoms. The van der Waals surface area contributed by atoms with E-state index in [2.05, 4.69) is 4.90 Å². The molecule has 0 atom stereocenters. The van der Waals surface area contributed by atoms with Crippen LogP contribution in [0.3, 0.4) is 0 Å². The average Bonchev–Trinajstić information content (AvgIpc) is 2.72. The molecule has 0 saturated carbocycles. The predicted molar refractivity (Wildman–Crippen MR) is 102 cm³/mol. The Hall–Kier alpha value is -2.60. The highest BCUT2D eigenvalue weighted by Gasteiger charge is 2.23. The number of methoxy groups -OCH3 is 2. The second-order valence-corrected chi connectivity index (χ2v) is 6.55. The second kappa shape index (κ2) is 8.86. The normalized spacial score (nSPS) is 14.9. The Bertz CT molecular complexity index is 789. The van der Waals surface area contributed by atoms with Crippen molar-refractivity contribution in [2.24, 2.45) is 0 Å².